The number of hydrogen-bond acceptors (Lipinski definition) is 4. The van der Waals surface area contributed by atoms with Crippen LogP contribution < -0.4 is 4.72 Å². The van der Waals surface area contributed by atoms with Gasteiger partial charge >= 0.3 is 0 Å². The summed E-state index contributed by atoms with van der Waals surface area (Å²) >= 11 is 1.54. The summed E-state index contributed by atoms with van der Waals surface area (Å²) in [5, 5.41) is 0. The molecule has 98 valence electrons. The van der Waals surface area contributed by atoms with Gasteiger partial charge in [-0.25, -0.2) is 4.72 Å². The van der Waals surface area contributed by atoms with Crippen molar-refractivity contribution >= 4 is 18.2 Å². The normalized spacial score (nSPS) is 29.9. The van der Waals surface area contributed by atoms with Crippen LogP contribution in [-0.2, 0) is 4.79 Å². The van der Waals surface area contributed by atoms with Gasteiger partial charge in [-0.15, -0.1) is 0 Å². The third-order valence-corrected chi connectivity index (χ3v) is 4.60. The number of aldehydes is 1. The highest BCUT2D eigenvalue weighted by atomic mass is 32.2. The molecule has 0 bridgehead atoms. The van der Waals surface area contributed by atoms with Crippen LogP contribution in [0.25, 0.3) is 0 Å². The zero-order valence-corrected chi connectivity index (χ0v) is 11.6. The topological polar surface area (TPSA) is 32.3 Å². The molecule has 0 aromatic heterocycles. The zero-order chi connectivity index (χ0) is 13.0. The van der Waals surface area contributed by atoms with E-state index in [0.29, 0.717) is 6.04 Å². The Bertz CT molecular complexity index is 389. The number of hydrogen-bond donors (Lipinski definition) is 1. The lowest BCUT2D eigenvalue weighted by Crippen LogP contribution is -2.39. The van der Waals surface area contributed by atoms with Gasteiger partial charge in [-0.3, -0.25) is 4.90 Å². The molecule has 0 aromatic carbocycles. The standard InChI is InChI=1S/C14H20N2OS/c1-3-11(14-13(10-17)15-18-14)9-16(2)12-7-5-4-6-8-12/h3,5,7,10,12-13,15H,1,4,6,8-9H2,2H3/b14-11+. The highest BCUT2D eigenvalue weighted by Crippen LogP contribution is 2.31. The smallest absolute Gasteiger partial charge is 0.142 e. The molecule has 1 heterocycles. The minimum Gasteiger partial charge on any atom is -0.301 e. The van der Waals surface area contributed by atoms with Gasteiger partial charge in [0.1, 0.15) is 12.3 Å². The second kappa shape index (κ2) is 6.36. The van der Waals surface area contributed by atoms with Crippen LogP contribution in [0.5, 0.6) is 0 Å². The van der Waals surface area contributed by atoms with Gasteiger partial charge in [0.25, 0.3) is 0 Å². The average Bonchev–Trinajstić information content (AvgIpc) is 2.38. The SMILES string of the molecule is C=C/C(CN(C)C1C=CCCC1)=C1\SNC1C=O. The fourth-order valence-corrected chi connectivity index (χ4v) is 3.09. The first-order valence-electron chi connectivity index (χ1n) is 6.36. The second-order valence-corrected chi connectivity index (χ2v) is 5.65. The van der Waals surface area contributed by atoms with Crippen molar-refractivity contribution in [1.29, 1.82) is 0 Å². The summed E-state index contributed by atoms with van der Waals surface area (Å²) in [6.07, 6.45) is 11.1. The summed E-state index contributed by atoms with van der Waals surface area (Å²) in [5.41, 5.74) is 1.16. The van der Waals surface area contributed by atoms with Crippen molar-refractivity contribution in [3.8, 4) is 0 Å². The molecule has 2 rings (SSSR count). The van der Waals surface area contributed by atoms with Crippen LogP contribution in [0.4, 0.5) is 0 Å². The first-order valence-corrected chi connectivity index (χ1v) is 7.18. The van der Waals surface area contributed by atoms with E-state index in [4.69, 9.17) is 0 Å². The highest BCUT2D eigenvalue weighted by Gasteiger charge is 2.27. The van der Waals surface area contributed by atoms with Crippen molar-refractivity contribution in [2.75, 3.05) is 13.6 Å². The lowest BCUT2D eigenvalue weighted by molar-refractivity contribution is -0.108. The average molecular weight is 264 g/mol. The molecule has 2 unspecified atom stereocenters. The molecule has 0 saturated carbocycles. The predicted molar refractivity (Wildman–Crippen MR) is 77.2 cm³/mol. The Labute approximate surface area is 113 Å². The van der Waals surface area contributed by atoms with Crippen LogP contribution in [0.1, 0.15) is 19.3 Å². The Morgan fingerprint density at radius 2 is 2.56 bits per heavy atom. The van der Waals surface area contributed by atoms with Crippen molar-refractivity contribution in [3.05, 3.63) is 35.3 Å². The third kappa shape index (κ3) is 2.94. The fraction of sp³-hybridized carbons (Fsp3) is 0.500. The maximum atomic E-state index is 10.8. The molecule has 18 heavy (non-hydrogen) atoms. The summed E-state index contributed by atoms with van der Waals surface area (Å²) in [5.74, 6) is 0. The lowest BCUT2D eigenvalue weighted by Gasteiger charge is -2.32. The molecule has 1 aliphatic carbocycles. The first kappa shape index (κ1) is 13.6. The van der Waals surface area contributed by atoms with Crippen molar-refractivity contribution in [1.82, 2.24) is 9.62 Å². The van der Waals surface area contributed by atoms with Gasteiger partial charge in [0.2, 0.25) is 0 Å². The molecule has 0 spiro atoms. The molecule has 3 nitrogen and oxygen atoms in total. The van der Waals surface area contributed by atoms with Gasteiger partial charge in [0, 0.05) is 17.5 Å². The van der Waals surface area contributed by atoms with E-state index in [1.807, 2.05) is 6.08 Å². The Morgan fingerprint density at radius 3 is 3.06 bits per heavy atom. The zero-order valence-electron chi connectivity index (χ0n) is 10.8. The van der Waals surface area contributed by atoms with E-state index in [2.05, 4.69) is 35.4 Å². The quantitative estimate of drug-likeness (QED) is 0.469. The van der Waals surface area contributed by atoms with Crippen molar-refractivity contribution in [2.45, 2.75) is 31.3 Å². The predicted octanol–water partition coefficient (Wildman–Crippen LogP) is 2.29. The van der Waals surface area contributed by atoms with Crippen LogP contribution in [0.2, 0.25) is 0 Å². The molecule has 0 amide bonds. The summed E-state index contributed by atoms with van der Waals surface area (Å²) < 4.78 is 3.02. The maximum absolute atomic E-state index is 10.8. The largest absolute Gasteiger partial charge is 0.301 e. The van der Waals surface area contributed by atoms with E-state index < -0.39 is 0 Å². The van der Waals surface area contributed by atoms with Crippen LogP contribution in [0, 0.1) is 0 Å². The van der Waals surface area contributed by atoms with Gasteiger partial charge in [-0.05, 0) is 43.8 Å². The van der Waals surface area contributed by atoms with Crippen molar-refractivity contribution in [2.24, 2.45) is 0 Å². The third-order valence-electron chi connectivity index (χ3n) is 3.49. The van der Waals surface area contributed by atoms with Gasteiger partial charge in [-0.1, -0.05) is 24.8 Å². The minimum absolute atomic E-state index is 0.127. The number of carbonyl (C=O) groups excluding carboxylic acids is 1. The maximum Gasteiger partial charge on any atom is 0.142 e. The molecule has 1 saturated heterocycles. The molecular formula is C14H20N2OS. The molecule has 0 radical (unpaired) electrons. The monoisotopic (exact) mass is 264 g/mol. The lowest BCUT2D eigenvalue weighted by atomic mass is 10.0. The number of allylic oxidation sites excluding steroid dienone is 1. The van der Waals surface area contributed by atoms with Gasteiger partial charge in [0.15, 0.2) is 0 Å². The van der Waals surface area contributed by atoms with E-state index in [1.165, 1.54) is 19.3 Å². The van der Waals surface area contributed by atoms with Crippen LogP contribution in [0.15, 0.2) is 35.3 Å². The fourth-order valence-electron chi connectivity index (χ4n) is 2.33. The summed E-state index contributed by atoms with van der Waals surface area (Å²) in [7, 11) is 2.14. The van der Waals surface area contributed by atoms with E-state index in [-0.39, 0.29) is 6.04 Å². The molecule has 4 heteroatoms. The Morgan fingerprint density at radius 1 is 1.72 bits per heavy atom. The Balaban J connectivity index is 2.02. The molecule has 1 aliphatic heterocycles. The Hall–Kier alpha value is -0.840. The summed E-state index contributed by atoms with van der Waals surface area (Å²) in [6.45, 7) is 4.73. The number of nitrogens with zero attached hydrogens (tertiary/aromatic N) is 1. The Kier molecular flexibility index (Phi) is 4.80. The highest BCUT2D eigenvalue weighted by molar-refractivity contribution is 8.03. The van der Waals surface area contributed by atoms with Crippen molar-refractivity contribution in [3.63, 3.8) is 0 Å². The molecule has 2 atom stereocenters. The van der Waals surface area contributed by atoms with E-state index >= 15 is 0 Å². The van der Waals surface area contributed by atoms with E-state index in [1.54, 1.807) is 11.9 Å². The molecule has 1 N–H and O–H groups in total. The molecule has 1 fully saturated rings. The first-order chi connectivity index (χ1) is 8.76. The van der Waals surface area contributed by atoms with E-state index in [0.717, 1.165) is 23.3 Å². The van der Waals surface area contributed by atoms with Crippen LogP contribution in [0.3, 0.4) is 0 Å². The second-order valence-electron chi connectivity index (χ2n) is 4.77. The van der Waals surface area contributed by atoms with E-state index in [9.17, 15) is 4.79 Å². The van der Waals surface area contributed by atoms with Crippen LogP contribution >= 0.6 is 11.9 Å². The molecule has 2 aliphatic rings. The van der Waals surface area contributed by atoms with Gasteiger partial charge in [0.05, 0.1) is 0 Å². The molecule has 0 aromatic rings. The van der Waals surface area contributed by atoms with Gasteiger partial charge < -0.3 is 4.79 Å². The summed E-state index contributed by atoms with van der Waals surface area (Å²) in [6, 6.07) is 0.389. The van der Waals surface area contributed by atoms with Crippen LogP contribution in [-0.4, -0.2) is 36.9 Å². The minimum atomic E-state index is -0.127. The number of carbonyl (C=O) groups is 1. The summed E-state index contributed by atoms with van der Waals surface area (Å²) in [4.78, 5) is 14.3. The van der Waals surface area contributed by atoms with Crippen molar-refractivity contribution < 1.29 is 4.79 Å². The van der Waals surface area contributed by atoms with Gasteiger partial charge in [-0.2, -0.15) is 0 Å². The number of likely N-dealkylation sites (N-methyl/N-ethyl adjacent to an activating group) is 1. The number of rotatable bonds is 5. The number of nitrogens with one attached hydrogen (secondary N) is 1. The molecular weight excluding hydrogens is 244 g/mol.